The van der Waals surface area contributed by atoms with E-state index in [0.29, 0.717) is 23.3 Å². The number of methoxy groups -OCH3 is 1. The number of para-hydroxylation sites is 2. The van der Waals surface area contributed by atoms with Crippen molar-refractivity contribution in [2.45, 2.75) is 0 Å². The Morgan fingerprint density at radius 2 is 1.08 bits per heavy atom. The molecule has 16 heteroatoms. The third-order valence-electron chi connectivity index (χ3n) is 7.02. The number of hydrogen-bond donors (Lipinski definition) is 1. The number of halogens is 4. The van der Waals surface area contributed by atoms with Crippen molar-refractivity contribution >= 4 is 103 Å². The number of anilines is 4. The maximum atomic E-state index is 11.9. The van der Waals surface area contributed by atoms with Gasteiger partial charge in [-0.1, -0.05) is 82.8 Å². The monoisotopic (exact) mass is 748 g/mol. The topological polar surface area (TPSA) is 152 Å². The van der Waals surface area contributed by atoms with E-state index in [1.165, 1.54) is 13.2 Å². The Kier molecular flexibility index (Phi) is 14.0. The number of esters is 1. The second kappa shape index (κ2) is 17.2. The average molecular weight is 750 g/mol. The molecule has 0 saturated carbocycles. The van der Waals surface area contributed by atoms with Gasteiger partial charge in [0, 0.05) is 37.3 Å². The maximum absolute atomic E-state index is 11.9. The van der Waals surface area contributed by atoms with Crippen LogP contribution in [0.25, 0.3) is 21.8 Å². The molecular weight excluding hydrogens is 725 g/mol. The summed E-state index contributed by atoms with van der Waals surface area (Å²) in [6, 6.07) is 21.7. The summed E-state index contributed by atoms with van der Waals surface area (Å²) in [6.45, 7) is 0. The second-order valence-corrected chi connectivity index (χ2v) is 11.5. The predicted octanol–water partition coefficient (Wildman–Crippen LogP) is 5.72. The predicted molar refractivity (Wildman–Crippen MR) is 188 cm³/mol. The first-order valence-electron chi connectivity index (χ1n) is 13.7. The number of nitrogens with zero attached hydrogens (tertiary/aromatic N) is 6. The second-order valence-electron chi connectivity index (χ2n) is 9.88. The summed E-state index contributed by atoms with van der Waals surface area (Å²) in [5.74, 6) is -0.924. The minimum atomic E-state index is -1.19. The number of carbonyl (C=O) groups excluding carboxylic acids is 1. The van der Waals surface area contributed by atoms with Crippen molar-refractivity contribution in [3.8, 4) is 0 Å². The Hall–Kier alpha value is -3.78. The van der Waals surface area contributed by atoms with Crippen LogP contribution in [0.4, 0.5) is 23.3 Å². The van der Waals surface area contributed by atoms with E-state index in [1.54, 1.807) is 54.5 Å². The van der Waals surface area contributed by atoms with E-state index in [9.17, 15) is 14.7 Å². The summed E-state index contributed by atoms with van der Waals surface area (Å²) >= 11 is 24.6. The molecular formula is C33H25Cl4N6NaO5. The Morgan fingerprint density at radius 3 is 1.51 bits per heavy atom. The summed E-state index contributed by atoms with van der Waals surface area (Å²) in [5, 5.41) is 11.6. The molecule has 4 aromatic carbocycles. The van der Waals surface area contributed by atoms with Gasteiger partial charge in [-0.2, -0.15) is 0 Å². The Labute approximate surface area is 323 Å². The average Bonchev–Trinajstić information content (AvgIpc) is 3.07. The van der Waals surface area contributed by atoms with Crippen molar-refractivity contribution in [2.75, 3.05) is 31.0 Å². The van der Waals surface area contributed by atoms with Crippen LogP contribution in [-0.4, -0.2) is 63.7 Å². The molecule has 2 heterocycles. The van der Waals surface area contributed by atoms with E-state index in [2.05, 4.69) is 19.9 Å². The van der Waals surface area contributed by atoms with E-state index in [1.807, 2.05) is 48.5 Å². The zero-order valence-corrected chi connectivity index (χ0v) is 31.4. The van der Waals surface area contributed by atoms with Crippen LogP contribution < -0.4 is 39.4 Å². The smallest absolute Gasteiger partial charge is 0.870 e. The molecule has 0 fully saturated rings. The number of benzene rings is 4. The summed E-state index contributed by atoms with van der Waals surface area (Å²) in [7, 11) is 4.75. The summed E-state index contributed by atoms with van der Waals surface area (Å²) < 4.78 is 4.74. The summed E-state index contributed by atoms with van der Waals surface area (Å²) in [4.78, 5) is 44.2. The molecule has 6 aromatic rings. The SMILES string of the molecule is CN(c1ncc2ccccc2n1)c1ccc(Cl)c(C(=O)O)c1Cl.COC(=O)c1c(Cl)ccc(N(C)c2ncc3ccccc3n2)c1Cl.[Na+].[OH-]. The molecule has 0 atom stereocenters. The normalized spacial score (nSPS) is 10.3. The van der Waals surface area contributed by atoms with Crippen molar-refractivity contribution in [3.05, 3.63) is 116 Å². The maximum Gasteiger partial charge on any atom is 1.00 e. The van der Waals surface area contributed by atoms with Gasteiger partial charge in [-0.25, -0.2) is 29.5 Å². The number of aromatic nitrogens is 4. The van der Waals surface area contributed by atoms with Crippen LogP contribution in [0.15, 0.2) is 85.2 Å². The molecule has 49 heavy (non-hydrogen) atoms. The van der Waals surface area contributed by atoms with Crippen LogP contribution in [-0.2, 0) is 4.74 Å². The standard InChI is InChI=1S/C17H13Cl2N3O2.C16H11Cl2N3O2.Na.H2O/c1-22(17-20-9-10-5-3-4-6-12(10)21-17)13-8-7-11(18)14(15(13)19)16(23)24-2;1-21(12-7-6-10(17)13(14(12)18)15(22)23)16-19-8-9-4-2-3-5-11(9)20-16;;/h3-9H,1-2H3;2-8H,1H3,(H,22,23);;1H2/q;;+1;/p-1. The fourth-order valence-electron chi connectivity index (χ4n) is 4.55. The Morgan fingerprint density at radius 1 is 0.673 bits per heavy atom. The van der Waals surface area contributed by atoms with Crippen molar-refractivity contribution in [3.63, 3.8) is 0 Å². The molecule has 0 aliphatic heterocycles. The Bertz CT molecular complexity index is 2160. The number of carbonyl (C=O) groups is 2. The van der Waals surface area contributed by atoms with Gasteiger partial charge < -0.3 is 25.1 Å². The minimum Gasteiger partial charge on any atom is -0.870 e. The van der Waals surface area contributed by atoms with E-state index < -0.39 is 11.9 Å². The number of carboxylic acids is 1. The molecule has 0 amide bonds. The van der Waals surface area contributed by atoms with Crippen molar-refractivity contribution < 1.29 is 54.5 Å². The summed E-state index contributed by atoms with van der Waals surface area (Å²) in [6.07, 6.45) is 3.44. The van der Waals surface area contributed by atoms with Gasteiger partial charge in [0.2, 0.25) is 11.9 Å². The van der Waals surface area contributed by atoms with Crippen molar-refractivity contribution in [1.82, 2.24) is 19.9 Å². The number of ether oxygens (including phenoxy) is 1. The Balaban J connectivity index is 0.000000255. The van der Waals surface area contributed by atoms with Crippen molar-refractivity contribution in [2.24, 2.45) is 0 Å². The van der Waals surface area contributed by atoms with Gasteiger partial charge in [0.1, 0.15) is 0 Å². The van der Waals surface area contributed by atoms with Crippen LogP contribution in [0.3, 0.4) is 0 Å². The van der Waals surface area contributed by atoms with Gasteiger partial charge in [-0.05, 0) is 36.4 Å². The quantitative estimate of drug-likeness (QED) is 0.164. The van der Waals surface area contributed by atoms with Gasteiger partial charge in [0.25, 0.3) is 0 Å². The van der Waals surface area contributed by atoms with Crippen molar-refractivity contribution in [1.29, 1.82) is 0 Å². The van der Waals surface area contributed by atoms with Gasteiger partial charge >= 0.3 is 41.5 Å². The first-order chi connectivity index (χ1) is 22.5. The van der Waals surface area contributed by atoms with E-state index in [0.717, 1.165) is 21.8 Å². The fourth-order valence-corrected chi connectivity index (χ4v) is 5.86. The van der Waals surface area contributed by atoms with Gasteiger partial charge in [0.15, 0.2) is 0 Å². The number of fused-ring (bicyclic) bond motifs is 2. The van der Waals surface area contributed by atoms with Gasteiger partial charge in [-0.3, -0.25) is 0 Å². The molecule has 6 rings (SSSR count). The van der Waals surface area contributed by atoms with Crippen LogP contribution in [0.5, 0.6) is 0 Å². The summed E-state index contributed by atoms with van der Waals surface area (Å²) in [5.41, 5.74) is 2.59. The minimum absolute atomic E-state index is 0. The van der Waals surface area contributed by atoms with E-state index >= 15 is 0 Å². The molecule has 2 N–H and O–H groups in total. The first-order valence-corrected chi connectivity index (χ1v) is 15.2. The van der Waals surface area contributed by atoms with Crippen LogP contribution >= 0.6 is 46.4 Å². The number of aromatic carboxylic acids is 1. The number of hydrogen-bond acceptors (Lipinski definition) is 10. The molecule has 0 unspecified atom stereocenters. The molecule has 0 radical (unpaired) electrons. The van der Waals surface area contributed by atoms with E-state index in [4.69, 9.17) is 51.1 Å². The largest absolute Gasteiger partial charge is 1.00 e. The van der Waals surface area contributed by atoms with Crippen LogP contribution in [0.1, 0.15) is 20.7 Å². The molecule has 11 nitrogen and oxygen atoms in total. The molecule has 0 bridgehead atoms. The zero-order chi connectivity index (χ0) is 33.8. The number of carboxylic acid groups (broad SMARTS) is 1. The molecule has 0 aliphatic carbocycles. The fraction of sp³-hybridized carbons (Fsp3) is 0.0909. The van der Waals surface area contributed by atoms with Crippen LogP contribution in [0, 0.1) is 0 Å². The molecule has 2 aromatic heterocycles. The van der Waals surface area contributed by atoms with Gasteiger partial charge in [0.05, 0.1) is 60.7 Å². The zero-order valence-electron chi connectivity index (χ0n) is 26.4. The third-order valence-corrected chi connectivity index (χ3v) is 8.42. The molecule has 0 aliphatic rings. The third kappa shape index (κ3) is 8.51. The van der Waals surface area contributed by atoms with E-state index in [-0.39, 0.29) is 66.3 Å². The van der Waals surface area contributed by atoms with Crippen LogP contribution in [0.2, 0.25) is 20.1 Å². The number of rotatable bonds is 6. The molecule has 0 saturated heterocycles. The molecule has 0 spiro atoms. The first kappa shape index (κ1) is 39.7. The van der Waals surface area contributed by atoms with Gasteiger partial charge in [-0.15, -0.1) is 0 Å². The molecule has 246 valence electrons.